The molecule has 0 radical (unpaired) electrons. The Morgan fingerprint density at radius 3 is 2.82 bits per heavy atom. The van der Waals surface area contributed by atoms with Crippen LogP contribution in [0.3, 0.4) is 0 Å². The zero-order chi connectivity index (χ0) is 15.9. The molecule has 1 aromatic rings. The summed E-state index contributed by atoms with van der Waals surface area (Å²) in [6, 6.07) is 7.66. The van der Waals surface area contributed by atoms with Gasteiger partial charge in [-0.1, -0.05) is 30.9 Å². The van der Waals surface area contributed by atoms with E-state index < -0.39 is 0 Å². The van der Waals surface area contributed by atoms with E-state index in [1.54, 1.807) is 11.0 Å². The number of hydrogen-bond donors (Lipinski definition) is 0. The average molecular weight is 316 g/mol. The van der Waals surface area contributed by atoms with Crippen LogP contribution in [0.25, 0.3) is 6.08 Å². The van der Waals surface area contributed by atoms with Gasteiger partial charge in [-0.15, -0.1) is 0 Å². The van der Waals surface area contributed by atoms with Gasteiger partial charge in [0.25, 0.3) is 5.91 Å². The third kappa shape index (κ3) is 3.60. The number of ether oxygens (including phenoxy) is 1. The molecule has 0 aromatic heterocycles. The summed E-state index contributed by atoms with van der Waals surface area (Å²) in [4.78, 5) is 19.2. The van der Waals surface area contributed by atoms with Crippen molar-refractivity contribution in [3.8, 4) is 5.75 Å². The second-order valence-corrected chi connectivity index (χ2v) is 5.56. The maximum atomic E-state index is 12.5. The maximum Gasteiger partial charge on any atom is 0.266 e. The Bertz CT molecular complexity index is 623. The monoisotopic (exact) mass is 316 g/mol. The quantitative estimate of drug-likeness (QED) is 0.595. The Morgan fingerprint density at radius 1 is 1.36 bits per heavy atom. The van der Waals surface area contributed by atoms with E-state index in [9.17, 15) is 4.79 Å². The summed E-state index contributed by atoms with van der Waals surface area (Å²) in [7, 11) is 0. The van der Waals surface area contributed by atoms with Crippen molar-refractivity contribution in [2.45, 2.75) is 13.8 Å². The number of carbonyl (C=O) groups excluding carboxylic acids is 1. The van der Waals surface area contributed by atoms with Gasteiger partial charge < -0.3 is 4.74 Å². The zero-order valence-electron chi connectivity index (χ0n) is 12.9. The van der Waals surface area contributed by atoms with Gasteiger partial charge in [-0.25, -0.2) is 0 Å². The lowest BCUT2D eigenvalue weighted by Gasteiger charge is -2.11. The Kier molecular flexibility index (Phi) is 5.83. The number of amidine groups is 1. The smallest absolute Gasteiger partial charge is 0.266 e. The van der Waals surface area contributed by atoms with Crippen LogP contribution in [0.15, 0.2) is 46.8 Å². The first-order valence-electron chi connectivity index (χ1n) is 7.29. The largest absolute Gasteiger partial charge is 0.489 e. The topological polar surface area (TPSA) is 41.9 Å². The molecule has 0 spiro atoms. The standard InChI is InChI=1S/C17H20N2O2S/c1-4-11-21-14-10-8-7-9-13(14)12-15-16(20)19(6-3)17(22-15)18-5-2/h4,7-10,12H,1,5-6,11H2,2-3H3/b15-12-,18-17?. The van der Waals surface area contributed by atoms with Crippen molar-refractivity contribution in [2.24, 2.45) is 4.99 Å². The molecule has 1 amide bonds. The third-order valence-electron chi connectivity index (χ3n) is 3.06. The highest BCUT2D eigenvalue weighted by Crippen LogP contribution is 2.34. The number of carbonyl (C=O) groups is 1. The van der Waals surface area contributed by atoms with Crippen LogP contribution in [0.1, 0.15) is 19.4 Å². The van der Waals surface area contributed by atoms with E-state index in [0.29, 0.717) is 24.6 Å². The fourth-order valence-corrected chi connectivity index (χ4v) is 3.16. The highest BCUT2D eigenvalue weighted by Gasteiger charge is 2.31. The first kappa shape index (κ1) is 16.4. The molecule has 5 heteroatoms. The Balaban J connectivity index is 2.32. The number of para-hydroxylation sites is 1. The van der Waals surface area contributed by atoms with Crippen molar-refractivity contribution in [3.05, 3.63) is 47.4 Å². The number of aliphatic imine (C=N–C) groups is 1. The molecule has 1 aromatic carbocycles. The molecule has 0 unspecified atom stereocenters. The van der Waals surface area contributed by atoms with Gasteiger partial charge in [-0.2, -0.15) is 0 Å². The fourth-order valence-electron chi connectivity index (χ4n) is 2.06. The molecule has 1 fully saturated rings. The summed E-state index contributed by atoms with van der Waals surface area (Å²) >= 11 is 1.42. The van der Waals surface area contributed by atoms with E-state index in [1.165, 1.54) is 11.8 Å². The molecule has 0 bridgehead atoms. The molecule has 1 heterocycles. The van der Waals surface area contributed by atoms with Gasteiger partial charge in [0.2, 0.25) is 0 Å². The molecule has 0 atom stereocenters. The molecular formula is C17H20N2O2S. The molecule has 116 valence electrons. The lowest BCUT2D eigenvalue weighted by atomic mass is 10.2. The number of hydrogen-bond acceptors (Lipinski definition) is 4. The van der Waals surface area contributed by atoms with Crippen LogP contribution in [-0.4, -0.2) is 35.7 Å². The highest BCUT2D eigenvalue weighted by atomic mass is 32.2. The van der Waals surface area contributed by atoms with Gasteiger partial charge >= 0.3 is 0 Å². The van der Waals surface area contributed by atoms with Crippen LogP contribution >= 0.6 is 11.8 Å². The zero-order valence-corrected chi connectivity index (χ0v) is 13.7. The number of rotatable bonds is 6. The third-order valence-corrected chi connectivity index (χ3v) is 4.10. The Hall–Kier alpha value is -2.01. The molecule has 1 saturated heterocycles. The van der Waals surface area contributed by atoms with Gasteiger partial charge in [0, 0.05) is 18.7 Å². The normalized spacial score (nSPS) is 18.3. The average Bonchev–Trinajstić information content (AvgIpc) is 2.82. The Labute approximate surface area is 135 Å². The van der Waals surface area contributed by atoms with Gasteiger partial charge in [-0.3, -0.25) is 14.7 Å². The van der Waals surface area contributed by atoms with E-state index in [4.69, 9.17) is 4.74 Å². The summed E-state index contributed by atoms with van der Waals surface area (Å²) in [5.74, 6) is 0.741. The number of thioether (sulfide) groups is 1. The molecular weight excluding hydrogens is 296 g/mol. The number of benzene rings is 1. The number of amides is 1. The van der Waals surface area contributed by atoms with Crippen molar-refractivity contribution < 1.29 is 9.53 Å². The minimum absolute atomic E-state index is 0.00164. The second kappa shape index (κ2) is 7.84. The van der Waals surface area contributed by atoms with E-state index >= 15 is 0 Å². The molecule has 0 saturated carbocycles. The van der Waals surface area contributed by atoms with Crippen LogP contribution in [0, 0.1) is 0 Å². The van der Waals surface area contributed by atoms with Crippen LogP contribution in [0.2, 0.25) is 0 Å². The summed E-state index contributed by atoms with van der Waals surface area (Å²) in [5.41, 5.74) is 0.883. The Morgan fingerprint density at radius 2 is 2.14 bits per heavy atom. The van der Waals surface area contributed by atoms with Crippen LogP contribution in [0.4, 0.5) is 0 Å². The fraction of sp³-hybridized carbons (Fsp3) is 0.294. The molecule has 2 rings (SSSR count). The lowest BCUT2D eigenvalue weighted by Crippen LogP contribution is -2.28. The van der Waals surface area contributed by atoms with E-state index in [-0.39, 0.29) is 5.91 Å². The highest BCUT2D eigenvalue weighted by molar-refractivity contribution is 8.18. The van der Waals surface area contributed by atoms with E-state index in [0.717, 1.165) is 16.5 Å². The van der Waals surface area contributed by atoms with Crippen LogP contribution < -0.4 is 4.74 Å². The van der Waals surface area contributed by atoms with Crippen molar-refractivity contribution >= 4 is 28.9 Å². The first-order chi connectivity index (χ1) is 10.7. The molecule has 4 nitrogen and oxygen atoms in total. The second-order valence-electron chi connectivity index (χ2n) is 4.55. The molecule has 22 heavy (non-hydrogen) atoms. The molecule has 1 aliphatic rings. The molecule has 0 N–H and O–H groups in total. The first-order valence-corrected chi connectivity index (χ1v) is 8.11. The van der Waals surface area contributed by atoms with Gasteiger partial charge in [0.05, 0.1) is 4.91 Å². The predicted molar refractivity (Wildman–Crippen MR) is 93.1 cm³/mol. The summed E-state index contributed by atoms with van der Waals surface area (Å²) in [5, 5.41) is 0.769. The lowest BCUT2D eigenvalue weighted by molar-refractivity contribution is -0.122. The number of likely N-dealkylation sites (N-methyl/N-ethyl adjacent to an activating group) is 1. The van der Waals surface area contributed by atoms with Crippen LogP contribution in [-0.2, 0) is 4.79 Å². The number of nitrogens with zero attached hydrogens (tertiary/aromatic N) is 2. The van der Waals surface area contributed by atoms with Crippen molar-refractivity contribution in [1.29, 1.82) is 0 Å². The summed E-state index contributed by atoms with van der Waals surface area (Å²) in [6.07, 6.45) is 3.57. The van der Waals surface area contributed by atoms with Gasteiger partial charge in [0.15, 0.2) is 5.17 Å². The minimum atomic E-state index is -0.00164. The predicted octanol–water partition coefficient (Wildman–Crippen LogP) is 3.56. The van der Waals surface area contributed by atoms with Gasteiger partial charge in [-0.05, 0) is 37.8 Å². The molecule has 0 aliphatic carbocycles. The summed E-state index contributed by atoms with van der Waals surface area (Å²) in [6.45, 7) is 9.29. The molecule has 1 aliphatic heterocycles. The van der Waals surface area contributed by atoms with Crippen molar-refractivity contribution in [1.82, 2.24) is 4.90 Å². The van der Waals surface area contributed by atoms with E-state index in [2.05, 4.69) is 11.6 Å². The summed E-state index contributed by atoms with van der Waals surface area (Å²) < 4.78 is 5.63. The van der Waals surface area contributed by atoms with Crippen molar-refractivity contribution in [2.75, 3.05) is 19.7 Å². The van der Waals surface area contributed by atoms with Gasteiger partial charge in [0.1, 0.15) is 12.4 Å². The maximum absolute atomic E-state index is 12.5. The minimum Gasteiger partial charge on any atom is -0.489 e. The SMILES string of the molecule is C=CCOc1ccccc1/C=C1\SC(=NCC)N(CC)C1=O. The van der Waals surface area contributed by atoms with Crippen LogP contribution in [0.5, 0.6) is 5.75 Å². The van der Waals surface area contributed by atoms with Crippen molar-refractivity contribution in [3.63, 3.8) is 0 Å². The van der Waals surface area contributed by atoms with E-state index in [1.807, 2.05) is 44.2 Å².